The predicted octanol–water partition coefficient (Wildman–Crippen LogP) is 3.25. The zero-order valence-corrected chi connectivity index (χ0v) is 24.1. The molecule has 0 N–H and O–H groups in total. The van der Waals surface area contributed by atoms with Crippen LogP contribution in [0.4, 0.5) is 0 Å². The maximum absolute atomic E-state index is 13.2. The Hall–Kier alpha value is -2.79. The molecule has 6 rings (SSSR count). The largest absolute Gasteiger partial charge is 0.462 e. The molecule has 10 nitrogen and oxygen atoms in total. The van der Waals surface area contributed by atoms with E-state index in [0.29, 0.717) is 25.9 Å². The van der Waals surface area contributed by atoms with Crippen molar-refractivity contribution in [3.63, 3.8) is 0 Å². The molecule has 222 valence electrons. The normalized spacial score (nSPS) is 48.4. The summed E-state index contributed by atoms with van der Waals surface area (Å²) in [5, 5.41) is 0. The Morgan fingerprint density at radius 3 is 2.56 bits per heavy atom. The maximum atomic E-state index is 13.2. The van der Waals surface area contributed by atoms with E-state index in [1.165, 1.54) is 19.1 Å². The molecule has 0 aromatic rings. The lowest BCUT2D eigenvalue weighted by Gasteiger charge is -2.59. The highest BCUT2D eigenvalue weighted by Crippen LogP contribution is 2.72. The third kappa shape index (κ3) is 4.59. The van der Waals surface area contributed by atoms with Gasteiger partial charge < -0.3 is 33.2 Å². The number of esters is 3. The van der Waals surface area contributed by atoms with Crippen molar-refractivity contribution in [3.05, 3.63) is 47.6 Å². The van der Waals surface area contributed by atoms with E-state index in [0.717, 1.165) is 11.1 Å². The van der Waals surface area contributed by atoms with Crippen LogP contribution in [0.1, 0.15) is 53.9 Å². The topological polar surface area (TPSA) is 119 Å². The second-order valence-electron chi connectivity index (χ2n) is 12.4. The van der Waals surface area contributed by atoms with Crippen molar-refractivity contribution in [1.82, 2.24) is 0 Å². The van der Waals surface area contributed by atoms with Crippen molar-refractivity contribution < 1.29 is 47.5 Å². The predicted molar refractivity (Wildman–Crippen MR) is 143 cm³/mol. The summed E-state index contributed by atoms with van der Waals surface area (Å²) in [6.45, 7) is 9.45. The third-order valence-corrected chi connectivity index (χ3v) is 9.96. The van der Waals surface area contributed by atoms with E-state index in [-0.39, 0.29) is 24.9 Å². The minimum Gasteiger partial charge on any atom is -0.462 e. The molecule has 10 atom stereocenters. The average molecular weight is 571 g/mol. The first kappa shape index (κ1) is 28.3. The second-order valence-corrected chi connectivity index (χ2v) is 12.4. The fraction of sp³-hybridized carbons (Fsp3) is 0.645. The van der Waals surface area contributed by atoms with Gasteiger partial charge in [-0.15, -0.1) is 0 Å². The van der Waals surface area contributed by atoms with Gasteiger partial charge in [-0.3, -0.25) is 4.79 Å². The van der Waals surface area contributed by atoms with Crippen LogP contribution in [0.3, 0.4) is 0 Å². The zero-order valence-electron chi connectivity index (χ0n) is 24.1. The number of hydrogen-bond donors (Lipinski definition) is 0. The Morgan fingerprint density at radius 1 is 1.05 bits per heavy atom. The Labute approximate surface area is 239 Å². The molecular formula is C31H38O10. The summed E-state index contributed by atoms with van der Waals surface area (Å²) >= 11 is 0. The van der Waals surface area contributed by atoms with Crippen LogP contribution in [0.2, 0.25) is 0 Å². The van der Waals surface area contributed by atoms with Crippen LogP contribution in [0, 0.1) is 10.8 Å². The van der Waals surface area contributed by atoms with Gasteiger partial charge in [-0.2, -0.15) is 0 Å². The highest BCUT2D eigenvalue weighted by atomic mass is 16.7. The van der Waals surface area contributed by atoms with Crippen molar-refractivity contribution in [2.45, 2.75) is 102 Å². The van der Waals surface area contributed by atoms with Crippen molar-refractivity contribution >= 4 is 17.9 Å². The lowest BCUT2D eigenvalue weighted by molar-refractivity contribution is -0.239. The number of rotatable bonds is 1. The Balaban J connectivity index is 1.40. The Kier molecular flexibility index (Phi) is 7.04. The first-order valence-corrected chi connectivity index (χ1v) is 14.3. The quantitative estimate of drug-likeness (QED) is 0.201. The molecule has 0 aromatic heterocycles. The van der Waals surface area contributed by atoms with Gasteiger partial charge in [0.2, 0.25) is 0 Å². The molecule has 10 heteroatoms. The van der Waals surface area contributed by atoms with E-state index in [2.05, 4.69) is 0 Å². The minimum absolute atomic E-state index is 0.0433. The van der Waals surface area contributed by atoms with E-state index < -0.39 is 58.9 Å². The molecule has 2 aliphatic carbocycles. The number of carbonyl (C=O) groups excluding carboxylic acids is 3. The first-order chi connectivity index (χ1) is 19.5. The van der Waals surface area contributed by atoms with Gasteiger partial charge in [0, 0.05) is 38.3 Å². The molecule has 0 radical (unpaired) electrons. The van der Waals surface area contributed by atoms with Gasteiger partial charge in [0.05, 0.1) is 35.7 Å². The smallest absolute Gasteiger partial charge is 0.331 e. The van der Waals surface area contributed by atoms with Crippen molar-refractivity contribution in [3.8, 4) is 0 Å². The fourth-order valence-electron chi connectivity index (χ4n) is 7.64. The number of fused-ring (bicyclic) bond motifs is 2. The molecule has 2 unspecified atom stereocenters. The van der Waals surface area contributed by atoms with Gasteiger partial charge in [0.25, 0.3) is 0 Å². The lowest BCUT2D eigenvalue weighted by atomic mass is 9.51. The summed E-state index contributed by atoms with van der Waals surface area (Å²) in [4.78, 5) is 38.4. The van der Waals surface area contributed by atoms with Crippen LogP contribution >= 0.6 is 0 Å². The molecular weight excluding hydrogens is 532 g/mol. The van der Waals surface area contributed by atoms with Gasteiger partial charge in [0.1, 0.15) is 30.5 Å². The third-order valence-electron chi connectivity index (χ3n) is 9.96. The van der Waals surface area contributed by atoms with E-state index in [1.54, 1.807) is 12.2 Å². The Bertz CT molecular complexity index is 1240. The van der Waals surface area contributed by atoms with Gasteiger partial charge in [0.15, 0.2) is 6.29 Å². The van der Waals surface area contributed by atoms with Gasteiger partial charge >= 0.3 is 17.9 Å². The van der Waals surface area contributed by atoms with E-state index in [1.807, 2.05) is 39.8 Å². The first-order valence-electron chi connectivity index (χ1n) is 14.3. The van der Waals surface area contributed by atoms with Gasteiger partial charge in [-0.25, -0.2) is 9.59 Å². The highest BCUT2D eigenvalue weighted by Gasteiger charge is 2.83. The van der Waals surface area contributed by atoms with Crippen molar-refractivity contribution in [1.29, 1.82) is 0 Å². The van der Waals surface area contributed by atoms with Gasteiger partial charge in [-0.05, 0) is 26.3 Å². The van der Waals surface area contributed by atoms with Crippen LogP contribution in [0.25, 0.3) is 0 Å². The second kappa shape index (κ2) is 10.2. The monoisotopic (exact) mass is 570 g/mol. The standard InChI is InChI=1S/C31H38O10/c1-17-10-27(34)35-15-30-14-22(38-20(4)32)18(2)12-24(30)40-25-13-23(29(30,5)31(25)16-36-31)41-26(33)9-7-6-8-21-19(3)37-28(11-17)39-21/h6-10,12,19,21-25,28H,11,13-16H2,1-5H3/b8-6-,9-7-,17-10-/t19-,21?,22+,23-,24-,25-,28?,29-,30-,31+/m1/s1. The lowest BCUT2D eigenvalue weighted by Crippen LogP contribution is -2.68. The summed E-state index contributed by atoms with van der Waals surface area (Å²) in [6, 6.07) is 0. The number of cyclic esters (lactones) is 1. The molecule has 1 saturated carbocycles. The van der Waals surface area contributed by atoms with Gasteiger partial charge in [-0.1, -0.05) is 36.8 Å². The van der Waals surface area contributed by atoms with Crippen LogP contribution in [0.5, 0.6) is 0 Å². The van der Waals surface area contributed by atoms with E-state index >= 15 is 0 Å². The molecule has 41 heavy (non-hydrogen) atoms. The van der Waals surface area contributed by atoms with E-state index in [4.69, 9.17) is 33.2 Å². The molecule has 2 spiro atoms. The van der Waals surface area contributed by atoms with Crippen LogP contribution in [-0.2, 0) is 47.5 Å². The summed E-state index contributed by atoms with van der Waals surface area (Å²) in [5.74, 6) is -1.42. The summed E-state index contributed by atoms with van der Waals surface area (Å²) in [7, 11) is 0. The summed E-state index contributed by atoms with van der Waals surface area (Å²) < 4.78 is 42.6. The molecule has 4 bridgehead atoms. The summed E-state index contributed by atoms with van der Waals surface area (Å²) in [6.07, 6.45) is 8.26. The van der Waals surface area contributed by atoms with Crippen molar-refractivity contribution in [2.75, 3.05) is 13.2 Å². The highest BCUT2D eigenvalue weighted by molar-refractivity contribution is 5.83. The van der Waals surface area contributed by atoms with Crippen LogP contribution < -0.4 is 0 Å². The molecule has 0 aromatic carbocycles. The maximum Gasteiger partial charge on any atom is 0.331 e. The molecule has 0 amide bonds. The van der Waals surface area contributed by atoms with Crippen LogP contribution in [0.15, 0.2) is 47.6 Å². The molecule has 6 aliphatic rings. The number of allylic oxidation sites excluding steroid dienone is 2. The number of ether oxygens (including phenoxy) is 7. The zero-order chi connectivity index (χ0) is 29.2. The molecule has 4 aliphatic heterocycles. The number of hydrogen-bond acceptors (Lipinski definition) is 10. The van der Waals surface area contributed by atoms with Crippen molar-refractivity contribution in [2.24, 2.45) is 10.8 Å². The molecule has 4 heterocycles. The number of epoxide rings is 1. The SMILES string of the molecule is CC(=O)O[C@H]1C[C@@]23COC(=O)/C=C(/C)CC4OC(/C=C\C=C/C(=O)O[C@@H]5C[C@@H](O[C@@H]2C=C1C)[C@@]1(CO1)[C@]53C)[C@@H](C)O4. The molecule has 4 fully saturated rings. The fourth-order valence-corrected chi connectivity index (χ4v) is 7.64. The minimum atomic E-state index is -0.909. The van der Waals surface area contributed by atoms with Crippen LogP contribution in [-0.4, -0.2) is 79.6 Å². The number of carbonyl (C=O) groups is 3. The molecule has 3 saturated heterocycles. The summed E-state index contributed by atoms with van der Waals surface area (Å²) in [5.41, 5.74) is -0.803. The average Bonchev–Trinajstić information content (AvgIpc) is 3.59. The van der Waals surface area contributed by atoms with E-state index in [9.17, 15) is 14.4 Å². The Morgan fingerprint density at radius 2 is 1.83 bits per heavy atom.